The van der Waals surface area contributed by atoms with Crippen LogP contribution in [0.1, 0.15) is 29.5 Å². The third kappa shape index (κ3) is 7.71. The number of rotatable bonds is 10. The first-order valence-electron chi connectivity index (χ1n) is 10.6. The Morgan fingerprint density at radius 2 is 1.74 bits per heavy atom. The minimum Gasteiger partial charge on any atom is -0.462 e. The second kappa shape index (κ2) is 12.6. The van der Waals surface area contributed by atoms with Crippen LogP contribution in [0.25, 0.3) is 0 Å². The monoisotopic (exact) mass is 535 g/mol. The fourth-order valence-corrected chi connectivity index (χ4v) is 3.90. The standard InChI is InChI=1S/C23H23Cl2N5O4S/c1-3-9-34-22(33)14-5-4-6-15(10-14)27-21(32)13-35-23-29-28-19(30(23)2)12-20(31)26-16-7-8-17(24)18(25)11-16/h4-8,10-11H,3,9,12-13H2,1-2H3,(H,26,31)(H,27,32). The average molecular weight is 536 g/mol. The summed E-state index contributed by atoms with van der Waals surface area (Å²) in [6, 6.07) is 11.3. The van der Waals surface area contributed by atoms with Gasteiger partial charge in [0.15, 0.2) is 5.16 Å². The lowest BCUT2D eigenvalue weighted by molar-refractivity contribution is -0.116. The maximum atomic E-state index is 12.4. The number of esters is 1. The molecule has 0 unspecified atom stereocenters. The van der Waals surface area contributed by atoms with Gasteiger partial charge in [-0.15, -0.1) is 10.2 Å². The van der Waals surface area contributed by atoms with Gasteiger partial charge in [-0.25, -0.2) is 4.79 Å². The van der Waals surface area contributed by atoms with Crippen LogP contribution in [-0.2, 0) is 27.8 Å². The van der Waals surface area contributed by atoms with E-state index in [0.717, 1.165) is 6.42 Å². The lowest BCUT2D eigenvalue weighted by atomic mass is 10.2. The number of ether oxygens (including phenoxy) is 1. The molecule has 0 spiro atoms. The molecule has 0 aliphatic heterocycles. The van der Waals surface area contributed by atoms with Gasteiger partial charge in [-0.1, -0.05) is 48.0 Å². The highest BCUT2D eigenvalue weighted by molar-refractivity contribution is 7.99. The molecular formula is C23H23Cl2N5O4S. The number of aromatic nitrogens is 3. The Labute approximate surface area is 216 Å². The van der Waals surface area contributed by atoms with Gasteiger partial charge in [-0.05, 0) is 42.8 Å². The fourth-order valence-electron chi connectivity index (χ4n) is 2.88. The van der Waals surface area contributed by atoms with Crippen molar-refractivity contribution in [1.29, 1.82) is 0 Å². The summed E-state index contributed by atoms with van der Waals surface area (Å²) in [5, 5.41) is 14.8. The Kier molecular flexibility index (Phi) is 9.53. The van der Waals surface area contributed by atoms with Crippen molar-refractivity contribution in [1.82, 2.24) is 14.8 Å². The molecule has 3 rings (SSSR count). The molecule has 0 aliphatic rings. The summed E-state index contributed by atoms with van der Waals surface area (Å²) in [5.74, 6) is -0.524. The summed E-state index contributed by atoms with van der Waals surface area (Å²) >= 11 is 13.0. The van der Waals surface area contributed by atoms with Crippen LogP contribution in [0.15, 0.2) is 47.6 Å². The van der Waals surface area contributed by atoms with E-state index in [2.05, 4.69) is 20.8 Å². The average Bonchev–Trinajstić information content (AvgIpc) is 3.17. The number of halogens is 2. The zero-order valence-corrected chi connectivity index (χ0v) is 21.3. The summed E-state index contributed by atoms with van der Waals surface area (Å²) in [6.07, 6.45) is 0.711. The van der Waals surface area contributed by atoms with Gasteiger partial charge in [-0.3, -0.25) is 9.59 Å². The first-order valence-corrected chi connectivity index (χ1v) is 12.3. The summed E-state index contributed by atoms with van der Waals surface area (Å²) in [6.45, 7) is 2.25. The summed E-state index contributed by atoms with van der Waals surface area (Å²) < 4.78 is 6.76. The number of amides is 2. The molecule has 35 heavy (non-hydrogen) atoms. The molecule has 2 aromatic carbocycles. The lowest BCUT2D eigenvalue weighted by Crippen LogP contribution is -2.17. The number of nitrogens with one attached hydrogen (secondary N) is 2. The van der Waals surface area contributed by atoms with Crippen molar-refractivity contribution in [2.45, 2.75) is 24.9 Å². The summed E-state index contributed by atoms with van der Waals surface area (Å²) in [7, 11) is 1.72. The summed E-state index contributed by atoms with van der Waals surface area (Å²) in [4.78, 5) is 36.8. The van der Waals surface area contributed by atoms with Gasteiger partial charge in [0.1, 0.15) is 5.82 Å². The van der Waals surface area contributed by atoms with E-state index < -0.39 is 5.97 Å². The number of thioether (sulfide) groups is 1. The van der Waals surface area contributed by atoms with Crippen molar-refractivity contribution in [3.05, 3.63) is 63.9 Å². The Bertz CT molecular complexity index is 1230. The molecule has 0 bridgehead atoms. The molecule has 0 fully saturated rings. The van der Waals surface area contributed by atoms with E-state index in [0.29, 0.717) is 44.6 Å². The first kappa shape index (κ1) is 26.5. The highest BCUT2D eigenvalue weighted by Gasteiger charge is 2.15. The van der Waals surface area contributed by atoms with E-state index in [-0.39, 0.29) is 24.0 Å². The van der Waals surface area contributed by atoms with Crippen LogP contribution < -0.4 is 10.6 Å². The third-order valence-corrected chi connectivity index (χ3v) is 6.36. The Morgan fingerprint density at radius 3 is 2.49 bits per heavy atom. The minimum absolute atomic E-state index is 0.0164. The van der Waals surface area contributed by atoms with Gasteiger partial charge in [0.2, 0.25) is 11.8 Å². The zero-order chi connectivity index (χ0) is 25.4. The SMILES string of the molecule is CCCOC(=O)c1cccc(NC(=O)CSc2nnc(CC(=O)Nc3ccc(Cl)c(Cl)c3)n2C)c1. The molecule has 2 N–H and O–H groups in total. The largest absolute Gasteiger partial charge is 0.462 e. The van der Waals surface area contributed by atoms with Gasteiger partial charge in [0.25, 0.3) is 0 Å². The van der Waals surface area contributed by atoms with Gasteiger partial charge in [0, 0.05) is 18.4 Å². The minimum atomic E-state index is -0.438. The quantitative estimate of drug-likeness (QED) is 0.288. The molecule has 1 aromatic heterocycles. The van der Waals surface area contributed by atoms with Crippen molar-refractivity contribution in [3.8, 4) is 0 Å². The van der Waals surface area contributed by atoms with Gasteiger partial charge >= 0.3 is 5.97 Å². The maximum absolute atomic E-state index is 12.4. The van der Waals surface area contributed by atoms with Crippen LogP contribution in [0.4, 0.5) is 11.4 Å². The normalized spacial score (nSPS) is 10.6. The van der Waals surface area contributed by atoms with Gasteiger partial charge in [-0.2, -0.15) is 0 Å². The molecule has 3 aromatic rings. The van der Waals surface area contributed by atoms with E-state index in [4.69, 9.17) is 27.9 Å². The third-order valence-electron chi connectivity index (χ3n) is 4.60. The molecule has 0 saturated heterocycles. The van der Waals surface area contributed by atoms with Crippen LogP contribution in [0.2, 0.25) is 10.0 Å². The highest BCUT2D eigenvalue weighted by Crippen LogP contribution is 2.25. The number of anilines is 2. The molecule has 0 saturated carbocycles. The smallest absolute Gasteiger partial charge is 0.338 e. The molecule has 0 atom stereocenters. The fraction of sp³-hybridized carbons (Fsp3) is 0.261. The zero-order valence-electron chi connectivity index (χ0n) is 19.0. The predicted octanol–water partition coefficient (Wildman–Crippen LogP) is 4.60. The number of carbonyl (C=O) groups is 3. The van der Waals surface area contributed by atoms with Gasteiger partial charge < -0.3 is 19.9 Å². The van der Waals surface area contributed by atoms with Crippen LogP contribution in [0.5, 0.6) is 0 Å². The maximum Gasteiger partial charge on any atom is 0.338 e. The molecule has 12 heteroatoms. The van der Waals surface area contributed by atoms with Crippen molar-refractivity contribution in [2.24, 2.45) is 7.05 Å². The van der Waals surface area contributed by atoms with E-state index >= 15 is 0 Å². The van der Waals surface area contributed by atoms with Crippen molar-refractivity contribution >= 4 is 64.1 Å². The Balaban J connectivity index is 1.52. The topological polar surface area (TPSA) is 115 Å². The Morgan fingerprint density at radius 1 is 1.00 bits per heavy atom. The molecule has 184 valence electrons. The van der Waals surface area contributed by atoms with E-state index in [9.17, 15) is 14.4 Å². The molecule has 1 heterocycles. The van der Waals surface area contributed by atoms with E-state index in [1.54, 1.807) is 54.1 Å². The molecule has 9 nitrogen and oxygen atoms in total. The number of benzene rings is 2. The Hall–Kier alpha value is -3.08. The van der Waals surface area contributed by atoms with E-state index in [1.165, 1.54) is 11.8 Å². The number of carbonyl (C=O) groups excluding carboxylic acids is 3. The van der Waals surface area contributed by atoms with E-state index in [1.807, 2.05) is 6.92 Å². The molecule has 2 amide bonds. The van der Waals surface area contributed by atoms with Crippen LogP contribution in [0.3, 0.4) is 0 Å². The lowest BCUT2D eigenvalue weighted by Gasteiger charge is -2.08. The summed E-state index contributed by atoms with van der Waals surface area (Å²) in [5.41, 5.74) is 1.36. The predicted molar refractivity (Wildman–Crippen MR) is 136 cm³/mol. The number of nitrogens with zero attached hydrogens (tertiary/aromatic N) is 3. The van der Waals surface area contributed by atoms with Crippen LogP contribution >= 0.6 is 35.0 Å². The van der Waals surface area contributed by atoms with Crippen LogP contribution in [0, 0.1) is 0 Å². The molecular weight excluding hydrogens is 513 g/mol. The van der Waals surface area contributed by atoms with Crippen molar-refractivity contribution in [2.75, 3.05) is 23.0 Å². The van der Waals surface area contributed by atoms with Crippen LogP contribution in [-0.4, -0.2) is 44.9 Å². The molecule has 0 radical (unpaired) electrons. The highest BCUT2D eigenvalue weighted by atomic mass is 35.5. The van der Waals surface area contributed by atoms with Crippen molar-refractivity contribution in [3.63, 3.8) is 0 Å². The van der Waals surface area contributed by atoms with Gasteiger partial charge in [0.05, 0.1) is 34.4 Å². The molecule has 0 aliphatic carbocycles. The number of hydrogen-bond acceptors (Lipinski definition) is 7. The second-order valence-corrected chi connectivity index (χ2v) is 9.12. The number of hydrogen-bond donors (Lipinski definition) is 2. The first-order chi connectivity index (χ1) is 16.8. The van der Waals surface area contributed by atoms with Crippen molar-refractivity contribution < 1.29 is 19.1 Å². The second-order valence-electron chi connectivity index (χ2n) is 7.37.